The zero-order valence-electron chi connectivity index (χ0n) is 11.3. The molecule has 0 amide bonds. The van der Waals surface area contributed by atoms with Crippen molar-refractivity contribution >= 4 is 39.0 Å². The number of thiazole rings is 1. The van der Waals surface area contributed by atoms with E-state index in [9.17, 15) is 0 Å². The van der Waals surface area contributed by atoms with E-state index in [0.29, 0.717) is 0 Å². The Morgan fingerprint density at radius 2 is 2.00 bits per heavy atom. The number of hydrogen-bond donors (Lipinski definition) is 1. The molecular weight excluding hydrogens is 286 g/mol. The van der Waals surface area contributed by atoms with Crippen LogP contribution in [0.5, 0.6) is 0 Å². The van der Waals surface area contributed by atoms with Crippen LogP contribution in [0.15, 0.2) is 47.1 Å². The molecule has 1 N–H and O–H groups in total. The van der Waals surface area contributed by atoms with E-state index in [2.05, 4.69) is 46.7 Å². The predicted octanol–water partition coefficient (Wildman–Crippen LogP) is 4.59. The van der Waals surface area contributed by atoms with E-state index in [1.54, 1.807) is 23.1 Å². The third-order valence-corrected chi connectivity index (χ3v) is 5.14. The number of thioether (sulfide) groups is 1. The summed E-state index contributed by atoms with van der Waals surface area (Å²) in [5, 5.41) is 3.52. The van der Waals surface area contributed by atoms with Crippen molar-refractivity contribution in [2.75, 3.05) is 11.6 Å². The standard InChI is InChI=1S/C15H15N3S2/c1-10(11-5-7-16-8-6-11)17-12-3-4-13-14(9-12)20-15(18-13)19-2/h3-10,17H,1-2H3. The fourth-order valence-electron chi connectivity index (χ4n) is 2.07. The van der Waals surface area contributed by atoms with Gasteiger partial charge in [-0.25, -0.2) is 4.98 Å². The van der Waals surface area contributed by atoms with E-state index in [0.717, 1.165) is 15.5 Å². The summed E-state index contributed by atoms with van der Waals surface area (Å²) in [5.74, 6) is 0. The Labute approximate surface area is 126 Å². The first-order valence-electron chi connectivity index (χ1n) is 6.37. The molecule has 1 unspecified atom stereocenters. The van der Waals surface area contributed by atoms with Gasteiger partial charge in [0.25, 0.3) is 0 Å². The average Bonchev–Trinajstić information content (AvgIpc) is 2.90. The summed E-state index contributed by atoms with van der Waals surface area (Å²) in [5.41, 5.74) is 3.42. The van der Waals surface area contributed by atoms with Crippen molar-refractivity contribution in [2.24, 2.45) is 0 Å². The van der Waals surface area contributed by atoms with Crippen LogP contribution in [0.4, 0.5) is 5.69 Å². The molecule has 20 heavy (non-hydrogen) atoms. The van der Waals surface area contributed by atoms with E-state index in [4.69, 9.17) is 0 Å². The van der Waals surface area contributed by atoms with E-state index < -0.39 is 0 Å². The van der Waals surface area contributed by atoms with Crippen molar-refractivity contribution in [3.05, 3.63) is 48.3 Å². The summed E-state index contributed by atoms with van der Waals surface area (Å²) in [6.45, 7) is 2.15. The minimum atomic E-state index is 0.253. The van der Waals surface area contributed by atoms with Crippen LogP contribution in [0.3, 0.4) is 0 Å². The molecule has 2 aromatic heterocycles. The molecule has 0 aliphatic rings. The zero-order valence-corrected chi connectivity index (χ0v) is 13.0. The molecule has 3 rings (SSSR count). The average molecular weight is 301 g/mol. The van der Waals surface area contributed by atoms with E-state index >= 15 is 0 Å². The highest BCUT2D eigenvalue weighted by Crippen LogP contribution is 2.30. The molecule has 0 saturated carbocycles. The van der Waals surface area contributed by atoms with Crippen molar-refractivity contribution in [1.29, 1.82) is 0 Å². The molecular formula is C15H15N3S2. The summed E-state index contributed by atoms with van der Waals surface area (Å²) >= 11 is 3.43. The number of benzene rings is 1. The smallest absolute Gasteiger partial charge is 0.150 e. The van der Waals surface area contributed by atoms with Gasteiger partial charge in [0, 0.05) is 24.1 Å². The molecule has 3 aromatic rings. The maximum atomic E-state index is 4.56. The van der Waals surface area contributed by atoms with Crippen LogP contribution in [0.25, 0.3) is 10.2 Å². The molecule has 1 aromatic carbocycles. The normalized spacial score (nSPS) is 12.5. The molecule has 0 spiro atoms. The van der Waals surface area contributed by atoms with E-state index in [1.165, 1.54) is 10.3 Å². The molecule has 0 saturated heterocycles. The van der Waals surface area contributed by atoms with Gasteiger partial charge in [-0.05, 0) is 49.1 Å². The van der Waals surface area contributed by atoms with Crippen LogP contribution in [0, 0.1) is 0 Å². The fraction of sp³-hybridized carbons (Fsp3) is 0.200. The molecule has 102 valence electrons. The third-order valence-electron chi connectivity index (χ3n) is 3.13. The highest BCUT2D eigenvalue weighted by molar-refractivity contribution is 8.00. The lowest BCUT2D eigenvalue weighted by molar-refractivity contribution is 0.881. The van der Waals surface area contributed by atoms with E-state index in [-0.39, 0.29) is 6.04 Å². The number of anilines is 1. The lowest BCUT2D eigenvalue weighted by atomic mass is 10.1. The first-order chi connectivity index (χ1) is 9.76. The molecule has 0 radical (unpaired) electrons. The summed E-state index contributed by atoms with van der Waals surface area (Å²) in [6.07, 6.45) is 5.71. The van der Waals surface area contributed by atoms with Gasteiger partial charge in [-0.3, -0.25) is 4.98 Å². The first kappa shape index (κ1) is 13.4. The topological polar surface area (TPSA) is 37.8 Å². The summed E-state index contributed by atoms with van der Waals surface area (Å²) < 4.78 is 2.33. The minimum absolute atomic E-state index is 0.253. The molecule has 0 aliphatic carbocycles. The third kappa shape index (κ3) is 2.78. The van der Waals surface area contributed by atoms with Crippen LogP contribution in [-0.2, 0) is 0 Å². The molecule has 5 heteroatoms. The lowest BCUT2D eigenvalue weighted by Gasteiger charge is -2.15. The van der Waals surface area contributed by atoms with Gasteiger partial charge in [-0.1, -0.05) is 11.8 Å². The number of pyridine rings is 1. The van der Waals surface area contributed by atoms with Crippen LogP contribution >= 0.6 is 23.1 Å². The molecule has 1 atom stereocenters. The van der Waals surface area contributed by atoms with Crippen molar-refractivity contribution in [3.8, 4) is 0 Å². The van der Waals surface area contributed by atoms with Crippen molar-refractivity contribution in [2.45, 2.75) is 17.3 Å². The van der Waals surface area contributed by atoms with Gasteiger partial charge in [0.05, 0.1) is 10.2 Å². The molecule has 0 bridgehead atoms. The number of fused-ring (bicyclic) bond motifs is 1. The Bertz CT molecular complexity index is 709. The van der Waals surface area contributed by atoms with Crippen LogP contribution in [-0.4, -0.2) is 16.2 Å². The number of nitrogens with one attached hydrogen (secondary N) is 1. The van der Waals surface area contributed by atoms with Crippen molar-refractivity contribution in [1.82, 2.24) is 9.97 Å². The second kappa shape index (κ2) is 5.81. The van der Waals surface area contributed by atoms with Gasteiger partial charge >= 0.3 is 0 Å². The van der Waals surface area contributed by atoms with Crippen LogP contribution in [0.1, 0.15) is 18.5 Å². The Balaban J connectivity index is 1.83. The number of hydrogen-bond acceptors (Lipinski definition) is 5. The van der Waals surface area contributed by atoms with Crippen LogP contribution in [0.2, 0.25) is 0 Å². The Hall–Kier alpha value is -1.59. The predicted molar refractivity (Wildman–Crippen MR) is 87.7 cm³/mol. The zero-order chi connectivity index (χ0) is 13.9. The number of aromatic nitrogens is 2. The van der Waals surface area contributed by atoms with Gasteiger partial charge in [0.1, 0.15) is 0 Å². The minimum Gasteiger partial charge on any atom is -0.378 e. The van der Waals surface area contributed by atoms with Crippen molar-refractivity contribution < 1.29 is 0 Å². The molecule has 3 nitrogen and oxygen atoms in total. The molecule has 0 aliphatic heterocycles. The Morgan fingerprint density at radius 3 is 2.75 bits per heavy atom. The van der Waals surface area contributed by atoms with Gasteiger partial charge in [0.2, 0.25) is 0 Å². The monoisotopic (exact) mass is 301 g/mol. The number of rotatable bonds is 4. The lowest BCUT2D eigenvalue weighted by Crippen LogP contribution is -2.06. The molecule has 2 heterocycles. The quantitative estimate of drug-likeness (QED) is 0.715. The van der Waals surface area contributed by atoms with Gasteiger partial charge in [-0.2, -0.15) is 0 Å². The Morgan fingerprint density at radius 1 is 1.20 bits per heavy atom. The second-order valence-corrected chi connectivity index (χ2v) is 6.60. The van der Waals surface area contributed by atoms with E-state index in [1.807, 2.05) is 24.5 Å². The fourth-order valence-corrected chi connectivity index (χ4v) is 3.59. The Kier molecular flexibility index (Phi) is 3.89. The van der Waals surface area contributed by atoms with Crippen molar-refractivity contribution in [3.63, 3.8) is 0 Å². The largest absolute Gasteiger partial charge is 0.378 e. The second-order valence-electron chi connectivity index (χ2n) is 4.51. The molecule has 0 fully saturated rings. The van der Waals surface area contributed by atoms with Crippen LogP contribution < -0.4 is 5.32 Å². The summed E-state index contributed by atoms with van der Waals surface area (Å²) in [6, 6.07) is 10.7. The highest BCUT2D eigenvalue weighted by atomic mass is 32.2. The first-order valence-corrected chi connectivity index (χ1v) is 8.41. The summed E-state index contributed by atoms with van der Waals surface area (Å²) in [7, 11) is 0. The number of nitrogens with zero attached hydrogens (tertiary/aromatic N) is 2. The summed E-state index contributed by atoms with van der Waals surface area (Å²) in [4.78, 5) is 8.61. The maximum Gasteiger partial charge on any atom is 0.150 e. The SMILES string of the molecule is CSc1nc2ccc(NC(C)c3ccncc3)cc2s1. The van der Waals surface area contributed by atoms with Gasteiger partial charge in [0.15, 0.2) is 4.34 Å². The highest BCUT2D eigenvalue weighted by Gasteiger charge is 2.07. The van der Waals surface area contributed by atoms with Gasteiger partial charge < -0.3 is 5.32 Å². The van der Waals surface area contributed by atoms with Gasteiger partial charge in [-0.15, -0.1) is 11.3 Å². The maximum absolute atomic E-state index is 4.56.